The van der Waals surface area contributed by atoms with Gasteiger partial charge in [0.2, 0.25) is 0 Å². The number of carbonyl (C=O) groups is 1. The van der Waals surface area contributed by atoms with Crippen molar-refractivity contribution in [2.45, 2.75) is 57.6 Å². The molecule has 0 radical (unpaired) electrons. The van der Waals surface area contributed by atoms with Crippen LogP contribution in [0, 0.1) is 5.92 Å². The van der Waals surface area contributed by atoms with Crippen molar-refractivity contribution in [3.63, 3.8) is 0 Å². The molecule has 1 spiro atoms. The summed E-state index contributed by atoms with van der Waals surface area (Å²) in [7, 11) is 0. The van der Waals surface area contributed by atoms with Crippen molar-refractivity contribution in [3.8, 4) is 0 Å². The molecule has 0 aromatic heterocycles. The minimum atomic E-state index is -0.0128. The van der Waals surface area contributed by atoms with E-state index in [2.05, 4.69) is 24.1 Å². The fourth-order valence-corrected chi connectivity index (χ4v) is 4.08. The lowest BCUT2D eigenvalue weighted by Gasteiger charge is -2.48. The molecule has 2 saturated heterocycles. The zero-order chi connectivity index (χ0) is 15.6. The van der Waals surface area contributed by atoms with Crippen LogP contribution in [0.5, 0.6) is 0 Å². The molecule has 3 rings (SSSR count). The number of urea groups is 1. The SMILES string of the molecule is C[C@@H]1CCCN(C[C@H](C)NC(=O)N2CCOC3(CCC3)C2)C1. The van der Waals surface area contributed by atoms with Crippen LogP contribution in [-0.4, -0.2) is 66.8 Å². The summed E-state index contributed by atoms with van der Waals surface area (Å²) in [4.78, 5) is 16.9. The van der Waals surface area contributed by atoms with Crippen molar-refractivity contribution in [3.05, 3.63) is 0 Å². The van der Waals surface area contributed by atoms with E-state index in [-0.39, 0.29) is 17.7 Å². The van der Waals surface area contributed by atoms with Crippen molar-refractivity contribution in [2.75, 3.05) is 39.3 Å². The quantitative estimate of drug-likeness (QED) is 0.868. The average Bonchev–Trinajstić information content (AvgIpc) is 2.45. The highest BCUT2D eigenvalue weighted by atomic mass is 16.5. The van der Waals surface area contributed by atoms with Gasteiger partial charge in [-0.15, -0.1) is 0 Å². The summed E-state index contributed by atoms with van der Waals surface area (Å²) < 4.78 is 5.89. The summed E-state index contributed by atoms with van der Waals surface area (Å²) >= 11 is 0. The van der Waals surface area contributed by atoms with E-state index in [9.17, 15) is 4.79 Å². The lowest BCUT2D eigenvalue weighted by molar-refractivity contribution is -0.141. The van der Waals surface area contributed by atoms with Crippen LogP contribution in [0.15, 0.2) is 0 Å². The van der Waals surface area contributed by atoms with Crippen LogP contribution in [0.4, 0.5) is 4.79 Å². The Labute approximate surface area is 134 Å². The first-order valence-corrected chi connectivity index (χ1v) is 8.98. The third-order valence-corrected chi connectivity index (χ3v) is 5.44. The predicted molar refractivity (Wildman–Crippen MR) is 86.9 cm³/mol. The number of piperidine rings is 1. The Morgan fingerprint density at radius 3 is 2.86 bits per heavy atom. The maximum atomic E-state index is 12.5. The van der Waals surface area contributed by atoms with Gasteiger partial charge >= 0.3 is 6.03 Å². The van der Waals surface area contributed by atoms with E-state index in [1.807, 2.05) is 4.90 Å². The highest BCUT2D eigenvalue weighted by Gasteiger charge is 2.43. The molecule has 2 aliphatic heterocycles. The van der Waals surface area contributed by atoms with Crippen molar-refractivity contribution in [1.29, 1.82) is 0 Å². The van der Waals surface area contributed by atoms with Crippen LogP contribution in [-0.2, 0) is 4.74 Å². The van der Waals surface area contributed by atoms with E-state index in [1.54, 1.807) is 0 Å². The standard InChI is InChI=1S/C17H31N3O2/c1-14-5-3-8-19(11-14)12-15(2)18-16(21)20-9-10-22-17(13-20)6-4-7-17/h14-15H,3-13H2,1-2H3,(H,18,21)/t14-,15+/m1/s1. The Bertz CT molecular complexity index is 397. The molecule has 2 atom stereocenters. The molecule has 1 saturated carbocycles. The van der Waals surface area contributed by atoms with Gasteiger partial charge in [0.25, 0.3) is 0 Å². The van der Waals surface area contributed by atoms with Gasteiger partial charge in [0.05, 0.1) is 18.8 Å². The smallest absolute Gasteiger partial charge is 0.317 e. The molecular weight excluding hydrogens is 278 g/mol. The molecule has 2 amide bonds. The Morgan fingerprint density at radius 1 is 1.36 bits per heavy atom. The lowest BCUT2D eigenvalue weighted by Crippen LogP contribution is -2.60. The van der Waals surface area contributed by atoms with Gasteiger partial charge in [0.1, 0.15) is 0 Å². The zero-order valence-electron chi connectivity index (χ0n) is 14.1. The Balaban J connectivity index is 1.44. The molecule has 2 heterocycles. The minimum absolute atomic E-state index is 0.0128. The molecule has 0 aromatic carbocycles. The van der Waals surface area contributed by atoms with E-state index in [1.165, 1.54) is 32.4 Å². The summed E-state index contributed by atoms with van der Waals surface area (Å²) in [6, 6.07) is 0.296. The summed E-state index contributed by atoms with van der Waals surface area (Å²) in [5.41, 5.74) is -0.0128. The molecule has 5 heteroatoms. The third-order valence-electron chi connectivity index (χ3n) is 5.44. The number of nitrogens with zero attached hydrogens (tertiary/aromatic N) is 2. The molecule has 22 heavy (non-hydrogen) atoms. The van der Waals surface area contributed by atoms with Gasteiger partial charge in [0, 0.05) is 25.7 Å². The number of ether oxygens (including phenoxy) is 1. The molecule has 0 unspecified atom stereocenters. The second kappa shape index (κ2) is 6.75. The first-order chi connectivity index (χ1) is 10.6. The maximum Gasteiger partial charge on any atom is 0.317 e. The topological polar surface area (TPSA) is 44.8 Å². The van der Waals surface area contributed by atoms with Crippen LogP contribution in [0.1, 0.15) is 46.0 Å². The monoisotopic (exact) mass is 309 g/mol. The van der Waals surface area contributed by atoms with E-state index in [0.29, 0.717) is 6.61 Å². The largest absolute Gasteiger partial charge is 0.371 e. The number of likely N-dealkylation sites (tertiary alicyclic amines) is 1. The number of hydrogen-bond donors (Lipinski definition) is 1. The van der Waals surface area contributed by atoms with E-state index >= 15 is 0 Å². The van der Waals surface area contributed by atoms with E-state index < -0.39 is 0 Å². The van der Waals surface area contributed by atoms with Gasteiger partial charge in [-0.1, -0.05) is 6.92 Å². The fourth-order valence-electron chi connectivity index (χ4n) is 4.08. The normalized spacial score (nSPS) is 29.9. The molecular formula is C17H31N3O2. The van der Waals surface area contributed by atoms with Crippen LogP contribution in [0.3, 0.4) is 0 Å². The zero-order valence-corrected chi connectivity index (χ0v) is 14.1. The molecule has 1 N–H and O–H groups in total. The highest BCUT2D eigenvalue weighted by molar-refractivity contribution is 5.74. The highest BCUT2D eigenvalue weighted by Crippen LogP contribution is 2.38. The number of amides is 2. The molecule has 1 aliphatic carbocycles. The molecule has 5 nitrogen and oxygen atoms in total. The first kappa shape index (κ1) is 16.1. The second-order valence-corrected chi connectivity index (χ2v) is 7.66. The van der Waals surface area contributed by atoms with Gasteiger partial charge in [-0.3, -0.25) is 0 Å². The minimum Gasteiger partial charge on any atom is -0.371 e. The van der Waals surface area contributed by atoms with Crippen LogP contribution in [0.2, 0.25) is 0 Å². The fraction of sp³-hybridized carbons (Fsp3) is 0.941. The van der Waals surface area contributed by atoms with Gasteiger partial charge in [-0.2, -0.15) is 0 Å². The Morgan fingerprint density at radius 2 is 2.18 bits per heavy atom. The lowest BCUT2D eigenvalue weighted by atomic mass is 9.79. The molecule has 3 aliphatic rings. The summed E-state index contributed by atoms with van der Waals surface area (Å²) in [6.07, 6.45) is 6.08. The summed E-state index contributed by atoms with van der Waals surface area (Å²) in [5.74, 6) is 0.786. The molecule has 3 fully saturated rings. The van der Waals surface area contributed by atoms with Gasteiger partial charge < -0.3 is 19.9 Å². The second-order valence-electron chi connectivity index (χ2n) is 7.66. The molecule has 0 bridgehead atoms. The number of carbonyl (C=O) groups excluding carboxylic acids is 1. The first-order valence-electron chi connectivity index (χ1n) is 8.98. The number of nitrogens with one attached hydrogen (secondary N) is 1. The van der Waals surface area contributed by atoms with E-state index in [4.69, 9.17) is 4.74 Å². The van der Waals surface area contributed by atoms with Crippen molar-refractivity contribution < 1.29 is 9.53 Å². The van der Waals surface area contributed by atoms with E-state index in [0.717, 1.165) is 38.4 Å². The molecule has 0 aromatic rings. The number of rotatable bonds is 3. The van der Waals surface area contributed by atoms with Crippen LogP contribution < -0.4 is 5.32 Å². The van der Waals surface area contributed by atoms with Gasteiger partial charge in [-0.05, 0) is 51.5 Å². The Kier molecular flexibility index (Phi) is 4.93. The average molecular weight is 309 g/mol. The van der Waals surface area contributed by atoms with Crippen LogP contribution in [0.25, 0.3) is 0 Å². The number of hydrogen-bond acceptors (Lipinski definition) is 3. The van der Waals surface area contributed by atoms with Crippen molar-refractivity contribution in [1.82, 2.24) is 15.1 Å². The maximum absolute atomic E-state index is 12.5. The summed E-state index contributed by atoms with van der Waals surface area (Å²) in [6.45, 7) is 9.92. The number of morpholine rings is 1. The van der Waals surface area contributed by atoms with Crippen molar-refractivity contribution >= 4 is 6.03 Å². The van der Waals surface area contributed by atoms with Gasteiger partial charge in [0.15, 0.2) is 0 Å². The third kappa shape index (κ3) is 3.74. The summed E-state index contributed by atoms with van der Waals surface area (Å²) in [5, 5.41) is 3.19. The Hall–Kier alpha value is -0.810. The van der Waals surface area contributed by atoms with Crippen LogP contribution >= 0.6 is 0 Å². The van der Waals surface area contributed by atoms with Crippen molar-refractivity contribution in [2.24, 2.45) is 5.92 Å². The predicted octanol–water partition coefficient (Wildman–Crippen LogP) is 2.07. The van der Waals surface area contributed by atoms with Gasteiger partial charge in [-0.25, -0.2) is 4.79 Å². The molecule has 126 valence electrons.